The first-order valence-electron chi connectivity index (χ1n) is 12.7. The molecule has 5 aromatic rings. The van der Waals surface area contributed by atoms with Gasteiger partial charge in [0.15, 0.2) is 23.9 Å². The number of anilines is 1. The molecule has 0 aliphatic carbocycles. The number of para-hydroxylation sites is 1. The Kier molecular flexibility index (Phi) is 8.19. The fraction of sp³-hybridized carbons (Fsp3) is 0.0968. The fourth-order valence-electron chi connectivity index (χ4n) is 4.17. The van der Waals surface area contributed by atoms with Crippen LogP contribution in [0.25, 0.3) is 22.3 Å². The molecule has 0 fully saturated rings. The van der Waals surface area contributed by atoms with Crippen molar-refractivity contribution in [3.05, 3.63) is 118 Å². The topological polar surface area (TPSA) is 94.8 Å². The maximum absolute atomic E-state index is 13.4. The summed E-state index contributed by atoms with van der Waals surface area (Å²) in [5, 5.41) is 7.02. The van der Waals surface area contributed by atoms with Gasteiger partial charge in [-0.15, -0.1) is 0 Å². The van der Waals surface area contributed by atoms with E-state index in [9.17, 15) is 27.2 Å². The Hall–Kier alpha value is -5.52. The van der Waals surface area contributed by atoms with Gasteiger partial charge < -0.3 is 14.8 Å². The number of ether oxygens (including phenoxy) is 2. The highest BCUT2D eigenvalue weighted by atomic mass is 19.4. The second-order valence-electron chi connectivity index (χ2n) is 9.15. The summed E-state index contributed by atoms with van der Waals surface area (Å²) in [6.45, 7) is -0.390. The number of nitrogens with zero attached hydrogens (tertiary/aromatic N) is 3. The van der Waals surface area contributed by atoms with E-state index in [2.05, 4.69) is 15.4 Å². The minimum Gasteiger partial charge on any atom is -0.493 e. The SMILES string of the molecule is COc1cc(C=Nn2c(-c3cccc(C(F)(F)F)c3)nc3ccccc3c2=O)ccc1OCC(=O)Nc1cccc(F)c1. The third-order valence-corrected chi connectivity index (χ3v) is 6.18. The quantitative estimate of drug-likeness (QED) is 0.173. The summed E-state index contributed by atoms with van der Waals surface area (Å²) in [4.78, 5) is 30.1. The number of carbonyl (C=O) groups excluding carboxylic acids is 1. The van der Waals surface area contributed by atoms with E-state index < -0.39 is 35.6 Å². The lowest BCUT2D eigenvalue weighted by Crippen LogP contribution is -2.20. The molecule has 0 atom stereocenters. The number of alkyl halides is 3. The summed E-state index contributed by atoms with van der Waals surface area (Å²) in [5.74, 6) is -0.639. The largest absolute Gasteiger partial charge is 0.493 e. The molecule has 0 aliphatic heterocycles. The molecule has 1 amide bonds. The zero-order valence-electron chi connectivity index (χ0n) is 22.4. The molecular weight excluding hydrogens is 568 g/mol. The molecule has 0 bridgehead atoms. The number of rotatable bonds is 8. The van der Waals surface area contributed by atoms with Crippen molar-refractivity contribution < 1.29 is 31.8 Å². The molecule has 12 heteroatoms. The summed E-state index contributed by atoms with van der Waals surface area (Å²) in [6, 6.07) is 21.0. The molecular formula is C31H22F4N4O4. The average Bonchev–Trinajstić information content (AvgIpc) is 2.99. The highest BCUT2D eigenvalue weighted by Gasteiger charge is 2.31. The number of methoxy groups -OCH3 is 1. The van der Waals surface area contributed by atoms with Crippen molar-refractivity contribution in [3.63, 3.8) is 0 Å². The molecule has 0 saturated heterocycles. The highest BCUT2D eigenvalue weighted by molar-refractivity contribution is 5.92. The maximum atomic E-state index is 13.4. The lowest BCUT2D eigenvalue weighted by atomic mass is 10.1. The molecule has 1 heterocycles. The Labute approximate surface area is 241 Å². The van der Waals surface area contributed by atoms with E-state index in [0.717, 1.165) is 16.8 Å². The van der Waals surface area contributed by atoms with Crippen molar-refractivity contribution >= 4 is 28.7 Å². The minimum absolute atomic E-state index is 0.0488. The lowest BCUT2D eigenvalue weighted by Gasteiger charge is -2.13. The highest BCUT2D eigenvalue weighted by Crippen LogP contribution is 2.32. The molecule has 0 saturated carbocycles. The Morgan fingerprint density at radius 1 is 0.977 bits per heavy atom. The molecule has 0 aliphatic rings. The molecule has 4 aromatic carbocycles. The van der Waals surface area contributed by atoms with Crippen molar-refractivity contribution in [1.29, 1.82) is 0 Å². The van der Waals surface area contributed by atoms with Gasteiger partial charge in [-0.2, -0.15) is 22.9 Å². The number of amides is 1. The summed E-state index contributed by atoms with van der Waals surface area (Å²) in [6.07, 6.45) is -3.28. The van der Waals surface area contributed by atoms with Crippen LogP contribution in [0, 0.1) is 5.82 Å². The third-order valence-electron chi connectivity index (χ3n) is 6.18. The summed E-state index contributed by atoms with van der Waals surface area (Å²) >= 11 is 0. The first kappa shape index (κ1) is 29.0. The van der Waals surface area contributed by atoms with Gasteiger partial charge in [0.05, 0.1) is 29.8 Å². The molecule has 1 aromatic heterocycles. The van der Waals surface area contributed by atoms with E-state index in [1.165, 1.54) is 61.9 Å². The molecule has 8 nitrogen and oxygen atoms in total. The molecule has 218 valence electrons. The third kappa shape index (κ3) is 6.70. The molecule has 1 N–H and O–H groups in total. The van der Waals surface area contributed by atoms with Crippen LogP contribution in [-0.4, -0.2) is 35.5 Å². The number of halogens is 4. The van der Waals surface area contributed by atoms with Gasteiger partial charge in [-0.3, -0.25) is 9.59 Å². The van der Waals surface area contributed by atoms with Crippen molar-refractivity contribution in [3.8, 4) is 22.9 Å². The number of fused-ring (bicyclic) bond motifs is 1. The van der Waals surface area contributed by atoms with Gasteiger partial charge >= 0.3 is 6.18 Å². The first-order valence-corrected chi connectivity index (χ1v) is 12.7. The number of nitrogens with one attached hydrogen (secondary N) is 1. The maximum Gasteiger partial charge on any atom is 0.416 e. The second-order valence-corrected chi connectivity index (χ2v) is 9.15. The van der Waals surface area contributed by atoms with Crippen LogP contribution < -0.4 is 20.3 Å². The molecule has 0 spiro atoms. The Morgan fingerprint density at radius 2 is 1.77 bits per heavy atom. The van der Waals surface area contributed by atoms with E-state index in [4.69, 9.17) is 9.47 Å². The monoisotopic (exact) mass is 590 g/mol. The van der Waals surface area contributed by atoms with Gasteiger partial charge in [0.1, 0.15) is 5.82 Å². The predicted molar refractivity (Wildman–Crippen MR) is 153 cm³/mol. The van der Waals surface area contributed by atoms with Crippen LogP contribution in [0.5, 0.6) is 11.5 Å². The van der Waals surface area contributed by atoms with E-state index in [0.29, 0.717) is 11.1 Å². The van der Waals surface area contributed by atoms with Crippen LogP contribution in [0.2, 0.25) is 0 Å². The Morgan fingerprint density at radius 3 is 2.53 bits per heavy atom. The van der Waals surface area contributed by atoms with Crippen molar-refractivity contribution in [2.75, 3.05) is 19.0 Å². The number of aromatic nitrogens is 2. The number of hydrogen-bond donors (Lipinski definition) is 1. The molecule has 0 unspecified atom stereocenters. The van der Waals surface area contributed by atoms with Crippen LogP contribution in [-0.2, 0) is 11.0 Å². The lowest BCUT2D eigenvalue weighted by molar-refractivity contribution is -0.137. The van der Waals surface area contributed by atoms with Gasteiger partial charge in [0, 0.05) is 11.3 Å². The zero-order chi connectivity index (χ0) is 30.6. The van der Waals surface area contributed by atoms with Gasteiger partial charge in [0.25, 0.3) is 11.5 Å². The van der Waals surface area contributed by atoms with Crippen LogP contribution in [0.15, 0.2) is 101 Å². The van der Waals surface area contributed by atoms with Gasteiger partial charge in [-0.05, 0) is 66.2 Å². The van der Waals surface area contributed by atoms with Crippen molar-refractivity contribution in [2.24, 2.45) is 5.10 Å². The van der Waals surface area contributed by atoms with E-state index in [-0.39, 0.29) is 34.0 Å². The predicted octanol–water partition coefficient (Wildman–Crippen LogP) is 6.13. The molecule has 5 rings (SSSR count). The van der Waals surface area contributed by atoms with E-state index in [1.807, 2.05) is 0 Å². The average molecular weight is 591 g/mol. The number of hydrogen-bond acceptors (Lipinski definition) is 6. The molecule has 43 heavy (non-hydrogen) atoms. The van der Waals surface area contributed by atoms with Crippen molar-refractivity contribution in [2.45, 2.75) is 6.18 Å². The van der Waals surface area contributed by atoms with Gasteiger partial charge in [-0.25, -0.2) is 9.37 Å². The Bertz CT molecular complexity index is 1900. The summed E-state index contributed by atoms with van der Waals surface area (Å²) in [5.41, 5.74) is -0.402. The zero-order valence-corrected chi connectivity index (χ0v) is 22.4. The van der Waals surface area contributed by atoms with Crippen LogP contribution in [0.1, 0.15) is 11.1 Å². The Balaban J connectivity index is 1.43. The minimum atomic E-state index is -4.60. The van der Waals surface area contributed by atoms with Crippen molar-refractivity contribution in [1.82, 2.24) is 9.66 Å². The van der Waals surface area contributed by atoms with Crippen LogP contribution >= 0.6 is 0 Å². The number of carbonyl (C=O) groups is 1. The normalized spacial score (nSPS) is 11.6. The van der Waals surface area contributed by atoms with Gasteiger partial charge in [0.2, 0.25) is 0 Å². The standard InChI is InChI=1S/C31H22F4N4O4/c1-42-27-14-19(12-13-26(27)43-18-28(40)37-23-9-5-8-22(32)16-23)17-36-39-29(20-6-4-7-21(15-20)31(33,34)35)38-25-11-3-2-10-24(25)30(39)41/h2-17H,18H2,1H3,(H,37,40). The molecule has 0 radical (unpaired) electrons. The van der Waals surface area contributed by atoms with Crippen LogP contribution in [0.4, 0.5) is 23.2 Å². The van der Waals surface area contributed by atoms with E-state index >= 15 is 0 Å². The van der Waals surface area contributed by atoms with E-state index in [1.54, 1.807) is 30.3 Å². The summed E-state index contributed by atoms with van der Waals surface area (Å²) < 4.78 is 65.5. The fourth-order valence-corrected chi connectivity index (χ4v) is 4.17. The number of benzene rings is 4. The summed E-state index contributed by atoms with van der Waals surface area (Å²) in [7, 11) is 1.39. The van der Waals surface area contributed by atoms with Crippen LogP contribution in [0.3, 0.4) is 0 Å². The smallest absolute Gasteiger partial charge is 0.416 e. The first-order chi connectivity index (χ1) is 20.6. The van der Waals surface area contributed by atoms with Gasteiger partial charge in [-0.1, -0.05) is 30.3 Å². The second kappa shape index (κ2) is 12.1.